The molecule has 0 saturated carbocycles. The second-order valence-electron chi connectivity index (χ2n) is 10.8. The topological polar surface area (TPSA) is 88.4 Å². The smallest absolute Gasteiger partial charge is 0.247 e. The molecule has 2 aromatic carbocycles. The molecule has 0 aliphatic carbocycles. The first-order chi connectivity index (χ1) is 16.3. The minimum atomic E-state index is -0.816. The molecule has 1 amide bonds. The number of aromatic nitrogens is 3. The van der Waals surface area contributed by atoms with E-state index in [0.29, 0.717) is 22.4 Å². The van der Waals surface area contributed by atoms with Crippen LogP contribution in [0.5, 0.6) is 11.6 Å². The van der Waals surface area contributed by atoms with Gasteiger partial charge in [-0.05, 0) is 35.3 Å². The average Bonchev–Trinajstić information content (AvgIpc) is 2.91. The van der Waals surface area contributed by atoms with Crippen LogP contribution in [0.15, 0.2) is 41.6 Å². The minimum absolute atomic E-state index is 0.184. The number of benzene rings is 2. The van der Waals surface area contributed by atoms with Gasteiger partial charge in [0, 0.05) is 29.2 Å². The summed E-state index contributed by atoms with van der Waals surface area (Å²) >= 11 is 1.37. The zero-order valence-electron chi connectivity index (χ0n) is 21.5. The molecule has 0 fully saturated rings. The van der Waals surface area contributed by atoms with E-state index in [1.807, 2.05) is 42.7 Å². The molecular weight excluding hydrogens is 460 g/mol. The van der Waals surface area contributed by atoms with Gasteiger partial charge in [-0.25, -0.2) is 0 Å². The maximum absolute atomic E-state index is 13.1. The summed E-state index contributed by atoms with van der Waals surface area (Å²) in [5.74, 6) is 0.399. The number of anilines is 1. The normalized spacial score (nSPS) is 15.7. The number of thioether (sulfide) groups is 1. The summed E-state index contributed by atoms with van der Waals surface area (Å²) in [7, 11) is 0. The molecular formula is C27H32N4O3S. The van der Waals surface area contributed by atoms with Gasteiger partial charge in [0.2, 0.25) is 23.2 Å². The number of para-hydroxylation sites is 1. The number of phenols is 1. The number of amides is 1. The third kappa shape index (κ3) is 4.59. The number of ether oxygens (including phenoxy) is 1. The fraction of sp³-hybridized carbons (Fsp3) is 0.407. The van der Waals surface area contributed by atoms with Crippen molar-refractivity contribution in [3.63, 3.8) is 0 Å². The molecule has 0 spiro atoms. The Morgan fingerprint density at radius 3 is 2.17 bits per heavy atom. The lowest BCUT2D eigenvalue weighted by atomic mass is 9.78. The van der Waals surface area contributed by atoms with Crippen LogP contribution in [0.3, 0.4) is 0 Å². The van der Waals surface area contributed by atoms with Crippen LogP contribution in [0, 0.1) is 0 Å². The van der Waals surface area contributed by atoms with Gasteiger partial charge in [0.1, 0.15) is 5.75 Å². The quantitative estimate of drug-likeness (QED) is 0.439. The molecule has 35 heavy (non-hydrogen) atoms. The standard InChI is InChI=1S/C27H32N4O3S/c1-15(32)31-20-12-10-9-11-17(20)21-23(28-25(35-8)30-29-21)34-24(31)16-13-18(26(2,3)4)22(33)19(14-16)27(5,6)7/h9-14,24,33H,1-8H3/t24-/m0/s1. The van der Waals surface area contributed by atoms with Gasteiger partial charge in [0.15, 0.2) is 5.69 Å². The highest BCUT2D eigenvalue weighted by molar-refractivity contribution is 7.98. The van der Waals surface area contributed by atoms with Crippen LogP contribution in [-0.2, 0) is 15.6 Å². The lowest BCUT2D eigenvalue weighted by molar-refractivity contribution is -0.118. The van der Waals surface area contributed by atoms with Crippen molar-refractivity contribution >= 4 is 23.4 Å². The second kappa shape index (κ2) is 8.82. The molecule has 4 rings (SSSR count). The Hall–Kier alpha value is -3.13. The predicted molar refractivity (Wildman–Crippen MR) is 139 cm³/mol. The molecule has 8 heteroatoms. The first kappa shape index (κ1) is 25.0. The summed E-state index contributed by atoms with van der Waals surface area (Å²) in [4.78, 5) is 19.4. The van der Waals surface area contributed by atoms with Crippen LogP contribution < -0.4 is 9.64 Å². The molecule has 3 aromatic rings. The van der Waals surface area contributed by atoms with E-state index in [1.165, 1.54) is 18.7 Å². The van der Waals surface area contributed by atoms with Crippen molar-refractivity contribution < 1.29 is 14.6 Å². The molecule has 1 aliphatic heterocycles. The number of nitrogens with zero attached hydrogens (tertiary/aromatic N) is 4. The molecule has 7 nitrogen and oxygen atoms in total. The molecule has 1 atom stereocenters. The number of fused-ring (bicyclic) bond motifs is 3. The fourth-order valence-corrected chi connectivity index (χ4v) is 4.60. The molecule has 1 aliphatic rings. The van der Waals surface area contributed by atoms with E-state index in [-0.39, 0.29) is 22.5 Å². The van der Waals surface area contributed by atoms with Crippen molar-refractivity contribution in [1.29, 1.82) is 0 Å². The zero-order chi connectivity index (χ0) is 25.7. The van der Waals surface area contributed by atoms with Gasteiger partial charge < -0.3 is 9.84 Å². The molecule has 1 N–H and O–H groups in total. The maximum Gasteiger partial charge on any atom is 0.247 e. The van der Waals surface area contributed by atoms with Crippen molar-refractivity contribution in [2.75, 3.05) is 11.2 Å². The van der Waals surface area contributed by atoms with Crippen LogP contribution in [0.1, 0.15) is 71.4 Å². The van der Waals surface area contributed by atoms with Crippen molar-refractivity contribution in [3.8, 4) is 22.9 Å². The van der Waals surface area contributed by atoms with Crippen LogP contribution in [0.4, 0.5) is 5.69 Å². The lowest BCUT2D eigenvalue weighted by Crippen LogP contribution is -2.36. The minimum Gasteiger partial charge on any atom is -0.507 e. The first-order valence-electron chi connectivity index (χ1n) is 11.6. The SMILES string of the molecule is CSc1nnc2c(n1)O[C@@H](c1cc(C(C)(C)C)c(O)c(C(C)(C)C)c1)N(C(C)=O)c1ccccc1-2. The Balaban J connectivity index is 2.04. The summed E-state index contributed by atoms with van der Waals surface area (Å²) in [6, 6.07) is 11.4. The summed E-state index contributed by atoms with van der Waals surface area (Å²) in [6.45, 7) is 13.9. The van der Waals surface area contributed by atoms with Crippen molar-refractivity contribution in [2.45, 2.75) is 70.7 Å². The Morgan fingerprint density at radius 1 is 1.03 bits per heavy atom. The largest absolute Gasteiger partial charge is 0.507 e. The maximum atomic E-state index is 13.1. The Morgan fingerprint density at radius 2 is 1.63 bits per heavy atom. The molecule has 184 valence electrons. The van der Waals surface area contributed by atoms with E-state index in [0.717, 1.165) is 22.3 Å². The molecule has 0 bridgehead atoms. The van der Waals surface area contributed by atoms with E-state index in [1.54, 1.807) is 4.90 Å². The third-order valence-corrected chi connectivity index (χ3v) is 6.61. The summed E-state index contributed by atoms with van der Waals surface area (Å²) in [5.41, 5.74) is 3.52. The van der Waals surface area contributed by atoms with Crippen molar-refractivity contribution in [1.82, 2.24) is 15.2 Å². The number of phenolic OH excluding ortho intramolecular Hbond substituents is 1. The molecule has 0 saturated heterocycles. The third-order valence-electron chi connectivity index (χ3n) is 6.07. The van der Waals surface area contributed by atoms with Gasteiger partial charge in [-0.15, -0.1) is 10.2 Å². The van der Waals surface area contributed by atoms with E-state index in [9.17, 15) is 9.90 Å². The van der Waals surface area contributed by atoms with Gasteiger partial charge in [-0.3, -0.25) is 9.69 Å². The Bertz CT molecular complexity index is 1260. The number of rotatable bonds is 2. The van der Waals surface area contributed by atoms with Gasteiger partial charge in [-0.1, -0.05) is 71.5 Å². The van der Waals surface area contributed by atoms with Gasteiger partial charge in [-0.2, -0.15) is 4.98 Å². The average molecular weight is 493 g/mol. The van der Waals surface area contributed by atoms with Gasteiger partial charge in [0.25, 0.3) is 0 Å². The Labute approximate surface area is 210 Å². The number of hydrogen-bond acceptors (Lipinski definition) is 7. The van der Waals surface area contributed by atoms with Crippen LogP contribution in [0.2, 0.25) is 0 Å². The van der Waals surface area contributed by atoms with Gasteiger partial charge in [0.05, 0.1) is 5.69 Å². The monoisotopic (exact) mass is 492 g/mol. The number of carbonyl (C=O) groups excluding carboxylic acids is 1. The van der Waals surface area contributed by atoms with Crippen LogP contribution in [-0.4, -0.2) is 32.5 Å². The number of carbonyl (C=O) groups is 1. The summed E-state index contributed by atoms with van der Waals surface area (Å²) in [5, 5.41) is 20.3. The zero-order valence-corrected chi connectivity index (χ0v) is 22.3. The van der Waals surface area contributed by atoms with Crippen molar-refractivity contribution in [3.05, 3.63) is 53.1 Å². The lowest BCUT2D eigenvalue weighted by Gasteiger charge is -2.33. The highest BCUT2D eigenvalue weighted by Gasteiger charge is 2.37. The highest BCUT2D eigenvalue weighted by Crippen LogP contribution is 2.46. The fourth-order valence-electron chi connectivity index (χ4n) is 4.30. The number of hydrogen-bond donors (Lipinski definition) is 1. The van der Waals surface area contributed by atoms with E-state index >= 15 is 0 Å². The molecule has 1 aromatic heterocycles. The Kier molecular flexibility index (Phi) is 6.30. The predicted octanol–water partition coefficient (Wildman–Crippen LogP) is 6.01. The highest BCUT2D eigenvalue weighted by atomic mass is 32.2. The number of aromatic hydroxyl groups is 1. The van der Waals surface area contributed by atoms with E-state index in [2.05, 4.69) is 56.7 Å². The van der Waals surface area contributed by atoms with Crippen LogP contribution >= 0.6 is 11.8 Å². The summed E-state index contributed by atoms with van der Waals surface area (Å²) < 4.78 is 6.51. The van der Waals surface area contributed by atoms with E-state index in [4.69, 9.17) is 4.74 Å². The van der Waals surface area contributed by atoms with E-state index < -0.39 is 6.23 Å². The molecule has 0 radical (unpaired) electrons. The molecule has 0 unspecified atom stereocenters. The van der Waals surface area contributed by atoms with Crippen molar-refractivity contribution in [2.24, 2.45) is 0 Å². The van der Waals surface area contributed by atoms with Gasteiger partial charge >= 0.3 is 0 Å². The second-order valence-corrected chi connectivity index (χ2v) is 11.6. The van der Waals surface area contributed by atoms with Crippen LogP contribution in [0.25, 0.3) is 11.3 Å². The first-order valence-corrected chi connectivity index (χ1v) is 12.8. The summed E-state index contributed by atoms with van der Waals surface area (Å²) in [6.07, 6.45) is 1.06. The molecule has 2 heterocycles.